The molecular formula is C16H19ClN2. The van der Waals surface area contributed by atoms with Crippen LogP contribution in [0.25, 0.3) is 0 Å². The van der Waals surface area contributed by atoms with E-state index in [-0.39, 0.29) is 11.5 Å². The first kappa shape index (κ1) is 14.0. The van der Waals surface area contributed by atoms with Gasteiger partial charge in [0, 0.05) is 11.4 Å². The Morgan fingerprint density at radius 2 is 2.00 bits per heavy atom. The van der Waals surface area contributed by atoms with Gasteiger partial charge in [0.1, 0.15) is 0 Å². The maximum Gasteiger partial charge on any atom is 0.174 e. The molecule has 1 N–H and O–H groups in total. The summed E-state index contributed by atoms with van der Waals surface area (Å²) >= 11 is 5.89. The topological polar surface area (TPSA) is 24.4 Å². The summed E-state index contributed by atoms with van der Waals surface area (Å²) in [7, 11) is 0. The van der Waals surface area contributed by atoms with Gasteiger partial charge in [-0.3, -0.25) is 4.99 Å². The first-order valence-electron chi connectivity index (χ1n) is 6.49. The molecule has 2 nitrogen and oxygen atoms in total. The Bertz CT molecular complexity index is 527. The zero-order valence-corrected chi connectivity index (χ0v) is 12.4. The molecule has 1 aliphatic rings. The Hall–Kier alpha value is -1.46. The van der Waals surface area contributed by atoms with Gasteiger partial charge in [0.15, 0.2) is 5.84 Å². The highest BCUT2D eigenvalue weighted by Crippen LogP contribution is 2.20. The van der Waals surface area contributed by atoms with Crippen molar-refractivity contribution in [2.24, 2.45) is 10.4 Å². The van der Waals surface area contributed by atoms with Crippen LogP contribution in [0.1, 0.15) is 38.8 Å². The van der Waals surface area contributed by atoms with Crippen LogP contribution >= 0.6 is 11.6 Å². The standard InChI is InChI=1S/C16H19ClN2/c1-16(2,3)10-4-5-15-18-11-14(19-15)12-6-8-13(17)9-7-12/h6-9,14H,10-11H2,1-3H3,(H,18,19). The molecule has 0 saturated heterocycles. The van der Waals surface area contributed by atoms with Gasteiger partial charge in [0.25, 0.3) is 0 Å². The summed E-state index contributed by atoms with van der Waals surface area (Å²) < 4.78 is 0. The Kier molecular flexibility index (Phi) is 4.17. The minimum Gasteiger partial charge on any atom is -0.355 e. The van der Waals surface area contributed by atoms with Crippen LogP contribution in [0.15, 0.2) is 29.3 Å². The summed E-state index contributed by atoms with van der Waals surface area (Å²) in [6.07, 6.45) is 0.874. The fourth-order valence-electron chi connectivity index (χ4n) is 1.79. The van der Waals surface area contributed by atoms with Crippen LogP contribution in [0.3, 0.4) is 0 Å². The number of amidine groups is 1. The number of hydrogen-bond donors (Lipinski definition) is 1. The van der Waals surface area contributed by atoms with E-state index in [4.69, 9.17) is 11.6 Å². The number of nitrogens with one attached hydrogen (secondary N) is 1. The van der Waals surface area contributed by atoms with Crippen molar-refractivity contribution in [3.63, 3.8) is 0 Å². The lowest BCUT2D eigenvalue weighted by molar-refractivity contribution is 0.428. The van der Waals surface area contributed by atoms with Crippen LogP contribution in [-0.2, 0) is 0 Å². The van der Waals surface area contributed by atoms with E-state index < -0.39 is 0 Å². The summed E-state index contributed by atoms with van der Waals surface area (Å²) in [4.78, 5) is 4.43. The highest BCUT2D eigenvalue weighted by Gasteiger charge is 2.17. The molecule has 100 valence electrons. The Labute approximate surface area is 120 Å². The molecule has 1 unspecified atom stereocenters. The van der Waals surface area contributed by atoms with Crippen molar-refractivity contribution >= 4 is 17.4 Å². The number of rotatable bonds is 1. The lowest BCUT2D eigenvalue weighted by atomic mass is 9.93. The van der Waals surface area contributed by atoms with Crippen LogP contribution in [0.4, 0.5) is 0 Å². The number of hydrogen-bond acceptors (Lipinski definition) is 2. The van der Waals surface area contributed by atoms with Crippen molar-refractivity contribution in [1.82, 2.24) is 5.32 Å². The zero-order chi connectivity index (χ0) is 13.9. The second-order valence-corrected chi connectivity index (χ2v) is 6.41. The second kappa shape index (κ2) is 5.67. The lowest BCUT2D eigenvalue weighted by Crippen LogP contribution is -2.22. The van der Waals surface area contributed by atoms with Gasteiger partial charge in [0.05, 0.1) is 12.6 Å². The van der Waals surface area contributed by atoms with E-state index in [9.17, 15) is 0 Å². The monoisotopic (exact) mass is 274 g/mol. The quantitative estimate of drug-likeness (QED) is 0.774. The molecule has 0 aliphatic carbocycles. The van der Waals surface area contributed by atoms with E-state index >= 15 is 0 Å². The van der Waals surface area contributed by atoms with Crippen molar-refractivity contribution < 1.29 is 0 Å². The van der Waals surface area contributed by atoms with Crippen LogP contribution in [0.5, 0.6) is 0 Å². The minimum atomic E-state index is 0.219. The Morgan fingerprint density at radius 3 is 2.63 bits per heavy atom. The number of aliphatic imine (C=N–C) groups is 1. The van der Waals surface area contributed by atoms with Gasteiger partial charge in [0.2, 0.25) is 0 Å². The second-order valence-electron chi connectivity index (χ2n) is 5.98. The van der Waals surface area contributed by atoms with Crippen molar-refractivity contribution in [3.8, 4) is 11.8 Å². The predicted octanol–water partition coefficient (Wildman–Crippen LogP) is 3.82. The molecule has 1 atom stereocenters. The maximum atomic E-state index is 5.89. The lowest BCUT2D eigenvalue weighted by Gasteiger charge is -2.12. The number of nitrogens with zero attached hydrogens (tertiary/aromatic N) is 1. The molecule has 0 bridgehead atoms. The molecule has 0 fully saturated rings. The van der Waals surface area contributed by atoms with E-state index in [1.54, 1.807) is 0 Å². The normalized spacial score (nSPS) is 18.3. The third-order valence-electron chi connectivity index (χ3n) is 2.84. The smallest absolute Gasteiger partial charge is 0.174 e. The number of halogens is 1. The molecule has 1 aliphatic heterocycles. The van der Waals surface area contributed by atoms with E-state index in [2.05, 4.69) is 42.9 Å². The molecule has 0 aromatic heterocycles. The average Bonchev–Trinajstić information content (AvgIpc) is 2.77. The van der Waals surface area contributed by atoms with Crippen LogP contribution in [-0.4, -0.2) is 12.4 Å². The van der Waals surface area contributed by atoms with E-state index in [0.29, 0.717) is 0 Å². The minimum absolute atomic E-state index is 0.219. The maximum absolute atomic E-state index is 5.89. The first-order chi connectivity index (χ1) is 8.94. The molecule has 19 heavy (non-hydrogen) atoms. The molecule has 0 spiro atoms. The summed E-state index contributed by atoms with van der Waals surface area (Å²) in [6.45, 7) is 7.29. The van der Waals surface area contributed by atoms with Gasteiger partial charge in [-0.25, -0.2) is 0 Å². The van der Waals surface area contributed by atoms with Gasteiger partial charge in [-0.15, -0.1) is 0 Å². The average molecular weight is 275 g/mol. The summed E-state index contributed by atoms with van der Waals surface area (Å²) in [5.41, 5.74) is 1.43. The van der Waals surface area contributed by atoms with E-state index in [1.807, 2.05) is 24.3 Å². The van der Waals surface area contributed by atoms with Crippen LogP contribution in [0, 0.1) is 17.3 Å². The van der Waals surface area contributed by atoms with E-state index in [1.165, 1.54) is 5.56 Å². The molecular weight excluding hydrogens is 256 g/mol. The van der Waals surface area contributed by atoms with Crippen molar-refractivity contribution in [1.29, 1.82) is 0 Å². The van der Waals surface area contributed by atoms with Crippen molar-refractivity contribution in [2.45, 2.75) is 33.2 Å². The molecule has 0 radical (unpaired) electrons. The SMILES string of the molecule is CC(C)(C)CC#CC1=NCC(c2ccc(Cl)cc2)N1. The van der Waals surface area contributed by atoms with Gasteiger partial charge in [-0.2, -0.15) is 0 Å². The number of benzene rings is 1. The molecule has 0 saturated carbocycles. The zero-order valence-electron chi connectivity index (χ0n) is 11.6. The highest BCUT2D eigenvalue weighted by molar-refractivity contribution is 6.30. The summed E-state index contributed by atoms with van der Waals surface area (Å²) in [5.74, 6) is 7.09. The van der Waals surface area contributed by atoms with Crippen LogP contribution in [0.2, 0.25) is 5.02 Å². The molecule has 2 rings (SSSR count). The fourth-order valence-corrected chi connectivity index (χ4v) is 1.92. The summed E-state index contributed by atoms with van der Waals surface area (Å²) in [5, 5.41) is 4.10. The fraction of sp³-hybridized carbons (Fsp3) is 0.438. The van der Waals surface area contributed by atoms with Gasteiger partial charge >= 0.3 is 0 Å². The first-order valence-corrected chi connectivity index (χ1v) is 6.87. The molecule has 1 aromatic carbocycles. The molecule has 0 amide bonds. The third-order valence-corrected chi connectivity index (χ3v) is 3.09. The molecule has 3 heteroatoms. The third kappa shape index (κ3) is 4.29. The Morgan fingerprint density at radius 1 is 1.32 bits per heavy atom. The van der Waals surface area contributed by atoms with Crippen LogP contribution < -0.4 is 5.32 Å². The molecule has 1 aromatic rings. The summed E-state index contributed by atoms with van der Waals surface area (Å²) in [6, 6.07) is 8.09. The molecule has 1 heterocycles. The van der Waals surface area contributed by atoms with Gasteiger partial charge in [-0.05, 0) is 29.0 Å². The van der Waals surface area contributed by atoms with Gasteiger partial charge in [-0.1, -0.05) is 50.4 Å². The van der Waals surface area contributed by atoms with Crippen molar-refractivity contribution in [3.05, 3.63) is 34.9 Å². The predicted molar refractivity (Wildman–Crippen MR) is 81.5 cm³/mol. The largest absolute Gasteiger partial charge is 0.355 e. The van der Waals surface area contributed by atoms with Gasteiger partial charge < -0.3 is 5.32 Å². The Balaban J connectivity index is 1.94. The van der Waals surface area contributed by atoms with E-state index in [0.717, 1.165) is 23.8 Å². The highest BCUT2D eigenvalue weighted by atomic mass is 35.5. The van der Waals surface area contributed by atoms with Crippen molar-refractivity contribution in [2.75, 3.05) is 6.54 Å².